The quantitative estimate of drug-likeness (QED) is 0.745. The first-order chi connectivity index (χ1) is 11.7. The number of pyridine rings is 1. The first-order valence-electron chi connectivity index (χ1n) is 7.79. The number of rotatable bonds is 3. The van der Waals surface area contributed by atoms with Gasteiger partial charge in [-0.2, -0.15) is 0 Å². The van der Waals surface area contributed by atoms with Crippen LogP contribution in [0.2, 0.25) is 0 Å². The van der Waals surface area contributed by atoms with Crippen molar-refractivity contribution in [1.82, 2.24) is 4.57 Å². The van der Waals surface area contributed by atoms with E-state index in [1.54, 1.807) is 11.4 Å². The Bertz CT molecular complexity index is 1010. The van der Waals surface area contributed by atoms with E-state index < -0.39 is 0 Å². The first kappa shape index (κ1) is 14.8. The second-order valence-electron chi connectivity index (χ2n) is 5.63. The summed E-state index contributed by atoms with van der Waals surface area (Å²) in [5, 5.41) is 15.4. The molecule has 0 aliphatic heterocycles. The van der Waals surface area contributed by atoms with Crippen molar-refractivity contribution in [3.8, 4) is 11.4 Å². The van der Waals surface area contributed by atoms with Crippen molar-refractivity contribution in [3.63, 3.8) is 0 Å². The fourth-order valence-electron chi connectivity index (χ4n) is 2.88. The molecule has 0 saturated carbocycles. The molecule has 0 bridgehead atoms. The van der Waals surface area contributed by atoms with E-state index in [0.29, 0.717) is 11.2 Å². The predicted molar refractivity (Wildman–Crippen MR) is 99.2 cm³/mol. The van der Waals surface area contributed by atoms with Gasteiger partial charge in [-0.25, -0.2) is 0 Å². The van der Waals surface area contributed by atoms with Crippen molar-refractivity contribution in [2.45, 2.75) is 12.8 Å². The van der Waals surface area contributed by atoms with E-state index in [1.165, 1.54) is 11.3 Å². The van der Waals surface area contributed by atoms with Gasteiger partial charge in [0.1, 0.15) is 16.4 Å². The maximum atomic E-state index is 12.5. The number of nitrogens with zero attached hydrogens (tertiary/aromatic N) is 1. The van der Waals surface area contributed by atoms with Gasteiger partial charge in [0.25, 0.3) is 0 Å². The van der Waals surface area contributed by atoms with E-state index in [0.717, 1.165) is 29.1 Å². The van der Waals surface area contributed by atoms with E-state index in [9.17, 15) is 9.90 Å². The van der Waals surface area contributed by atoms with Crippen LogP contribution in [-0.2, 0) is 0 Å². The van der Waals surface area contributed by atoms with Gasteiger partial charge in [-0.1, -0.05) is 30.4 Å². The van der Waals surface area contributed by atoms with Crippen LogP contribution >= 0.6 is 11.3 Å². The predicted octanol–water partition coefficient (Wildman–Crippen LogP) is 4.40. The summed E-state index contributed by atoms with van der Waals surface area (Å²) in [5.41, 5.74) is 1.73. The monoisotopic (exact) mass is 336 g/mol. The number of nitrogens with one attached hydrogen (secondary N) is 1. The second kappa shape index (κ2) is 6.02. The van der Waals surface area contributed by atoms with Crippen molar-refractivity contribution in [2.24, 2.45) is 0 Å². The molecule has 2 heterocycles. The van der Waals surface area contributed by atoms with Gasteiger partial charge in [-0.15, -0.1) is 11.3 Å². The fourth-order valence-corrected chi connectivity index (χ4v) is 3.86. The highest BCUT2D eigenvalue weighted by Crippen LogP contribution is 2.33. The maximum Gasteiger partial charge on any atom is 0.196 e. The van der Waals surface area contributed by atoms with E-state index in [4.69, 9.17) is 0 Å². The number of thiophene rings is 1. The lowest BCUT2D eigenvalue weighted by atomic mass is 10.1. The molecule has 1 aliphatic rings. The Hall–Kier alpha value is -2.79. The summed E-state index contributed by atoms with van der Waals surface area (Å²) in [6.45, 7) is 0. The molecule has 4 nitrogen and oxygen atoms in total. The summed E-state index contributed by atoms with van der Waals surface area (Å²) in [6.07, 6.45) is 8.28. The molecule has 0 radical (unpaired) electrons. The van der Waals surface area contributed by atoms with Crippen LogP contribution in [0.5, 0.6) is 5.75 Å². The molecular formula is C19H16N2O2S. The highest BCUT2D eigenvalue weighted by atomic mass is 32.1. The normalized spacial score (nSPS) is 13.9. The SMILES string of the molecule is O=c1cc(NC2=CCCC=C2)n(-c2ccccc2)c2scc(O)c12. The summed E-state index contributed by atoms with van der Waals surface area (Å²) in [5.74, 6) is 0.728. The van der Waals surface area contributed by atoms with Crippen molar-refractivity contribution in [1.29, 1.82) is 0 Å². The summed E-state index contributed by atoms with van der Waals surface area (Å²) in [4.78, 5) is 13.2. The summed E-state index contributed by atoms with van der Waals surface area (Å²) in [7, 11) is 0. The summed E-state index contributed by atoms with van der Waals surface area (Å²) >= 11 is 1.36. The first-order valence-corrected chi connectivity index (χ1v) is 8.67. The van der Waals surface area contributed by atoms with Crippen LogP contribution in [0.1, 0.15) is 12.8 Å². The molecule has 0 unspecified atom stereocenters. The minimum Gasteiger partial charge on any atom is -0.506 e. The maximum absolute atomic E-state index is 12.5. The van der Waals surface area contributed by atoms with Crippen LogP contribution in [-0.4, -0.2) is 9.67 Å². The summed E-state index contributed by atoms with van der Waals surface area (Å²) in [6, 6.07) is 11.4. The zero-order valence-electron chi connectivity index (χ0n) is 12.9. The van der Waals surface area contributed by atoms with Crippen molar-refractivity contribution in [2.75, 3.05) is 5.32 Å². The Morgan fingerprint density at radius 3 is 2.75 bits per heavy atom. The minimum absolute atomic E-state index is 0.0352. The fraction of sp³-hybridized carbons (Fsp3) is 0.105. The van der Waals surface area contributed by atoms with Gasteiger partial charge in [0, 0.05) is 22.8 Å². The Morgan fingerprint density at radius 2 is 2.00 bits per heavy atom. The van der Waals surface area contributed by atoms with Gasteiger partial charge >= 0.3 is 0 Å². The van der Waals surface area contributed by atoms with Crippen LogP contribution < -0.4 is 10.7 Å². The van der Waals surface area contributed by atoms with Gasteiger partial charge in [0.2, 0.25) is 0 Å². The topological polar surface area (TPSA) is 54.3 Å². The van der Waals surface area contributed by atoms with Crippen LogP contribution in [0.3, 0.4) is 0 Å². The largest absolute Gasteiger partial charge is 0.506 e. The van der Waals surface area contributed by atoms with Gasteiger partial charge in [0.05, 0.1) is 5.39 Å². The van der Waals surface area contributed by atoms with E-state index >= 15 is 0 Å². The summed E-state index contributed by atoms with van der Waals surface area (Å²) < 4.78 is 1.98. The lowest BCUT2D eigenvalue weighted by molar-refractivity contribution is 0.483. The number of allylic oxidation sites excluding steroid dienone is 3. The number of fused-ring (bicyclic) bond motifs is 1. The third-order valence-electron chi connectivity index (χ3n) is 3.99. The van der Waals surface area contributed by atoms with Crippen molar-refractivity contribution in [3.05, 3.63) is 75.9 Å². The lowest BCUT2D eigenvalue weighted by Gasteiger charge is -2.18. The number of aromatic hydroxyl groups is 1. The molecule has 0 saturated heterocycles. The molecule has 120 valence electrons. The number of hydrogen-bond acceptors (Lipinski definition) is 4. The van der Waals surface area contributed by atoms with Gasteiger partial charge < -0.3 is 10.4 Å². The smallest absolute Gasteiger partial charge is 0.196 e. The number of benzene rings is 1. The molecule has 1 aliphatic carbocycles. The molecule has 2 N–H and O–H groups in total. The Balaban J connectivity index is 1.96. The number of anilines is 1. The minimum atomic E-state index is -0.182. The third kappa shape index (κ3) is 2.53. The van der Waals surface area contributed by atoms with Crippen molar-refractivity contribution < 1.29 is 5.11 Å². The second-order valence-corrected chi connectivity index (χ2v) is 6.49. The molecule has 0 amide bonds. The van der Waals surface area contributed by atoms with Crippen LogP contribution in [0.15, 0.2) is 70.5 Å². The van der Waals surface area contributed by atoms with Crippen LogP contribution in [0, 0.1) is 0 Å². The van der Waals surface area contributed by atoms with Crippen LogP contribution in [0.4, 0.5) is 5.82 Å². The number of para-hydroxylation sites is 1. The van der Waals surface area contributed by atoms with Gasteiger partial charge in [-0.3, -0.25) is 9.36 Å². The average Bonchev–Trinajstić information content (AvgIpc) is 2.99. The molecular weight excluding hydrogens is 320 g/mol. The van der Waals surface area contributed by atoms with Crippen LogP contribution in [0.25, 0.3) is 15.9 Å². The molecule has 24 heavy (non-hydrogen) atoms. The zero-order chi connectivity index (χ0) is 16.5. The zero-order valence-corrected chi connectivity index (χ0v) is 13.7. The molecule has 3 aromatic rings. The highest BCUT2D eigenvalue weighted by Gasteiger charge is 2.16. The third-order valence-corrected chi connectivity index (χ3v) is 4.94. The van der Waals surface area contributed by atoms with Crippen molar-refractivity contribution >= 4 is 27.4 Å². The molecule has 0 fully saturated rings. The number of hydrogen-bond donors (Lipinski definition) is 2. The molecule has 1 aromatic carbocycles. The Morgan fingerprint density at radius 1 is 1.17 bits per heavy atom. The van der Waals surface area contributed by atoms with Gasteiger partial charge in [-0.05, 0) is 31.1 Å². The molecule has 0 atom stereocenters. The lowest BCUT2D eigenvalue weighted by Crippen LogP contribution is -2.13. The molecule has 0 spiro atoms. The van der Waals surface area contributed by atoms with E-state index in [1.807, 2.05) is 41.0 Å². The standard InChI is InChI=1S/C19H16N2O2S/c22-15-11-17(20-13-7-3-1-4-8-13)21(14-9-5-2-6-10-14)19-18(15)16(23)12-24-19/h2-3,5-12,20,23H,1,4H2. The van der Waals surface area contributed by atoms with E-state index in [2.05, 4.69) is 17.5 Å². The number of aromatic nitrogens is 1. The average molecular weight is 336 g/mol. The van der Waals surface area contributed by atoms with Gasteiger partial charge in [0.15, 0.2) is 5.43 Å². The molecule has 4 rings (SSSR count). The van der Waals surface area contributed by atoms with E-state index in [-0.39, 0.29) is 11.2 Å². The molecule has 2 aromatic heterocycles. The highest BCUT2D eigenvalue weighted by molar-refractivity contribution is 7.17. The Labute approximate surface area is 143 Å². The molecule has 5 heteroatoms. The Kier molecular flexibility index (Phi) is 3.70.